The summed E-state index contributed by atoms with van der Waals surface area (Å²) in [5.41, 5.74) is 2.90. The Hall–Kier alpha value is -3.38. The molecule has 6 nitrogen and oxygen atoms in total. The molecule has 1 saturated heterocycles. The van der Waals surface area contributed by atoms with E-state index in [4.69, 9.17) is 9.47 Å². The van der Waals surface area contributed by atoms with Gasteiger partial charge in [0, 0.05) is 38.9 Å². The molecule has 1 aliphatic rings. The summed E-state index contributed by atoms with van der Waals surface area (Å²) in [5.74, 6) is 1.24. The summed E-state index contributed by atoms with van der Waals surface area (Å²) in [6.07, 6.45) is 2.57. The number of rotatable bonds is 9. The number of aromatic nitrogens is 1. The van der Waals surface area contributed by atoms with Gasteiger partial charge in [0.2, 0.25) is 0 Å². The van der Waals surface area contributed by atoms with Gasteiger partial charge < -0.3 is 14.4 Å². The van der Waals surface area contributed by atoms with Crippen molar-refractivity contribution in [2.45, 2.75) is 45.6 Å². The average Bonchev–Trinajstić information content (AvgIpc) is 3.31. The molecule has 4 rings (SSSR count). The summed E-state index contributed by atoms with van der Waals surface area (Å²) in [6, 6.07) is 22.4. The zero-order valence-corrected chi connectivity index (χ0v) is 20.2. The van der Waals surface area contributed by atoms with E-state index in [2.05, 4.69) is 45.1 Å². The third-order valence-electron chi connectivity index (χ3n) is 6.03. The minimum absolute atomic E-state index is 0.166. The van der Waals surface area contributed by atoms with Crippen molar-refractivity contribution in [2.24, 2.45) is 0 Å². The van der Waals surface area contributed by atoms with Gasteiger partial charge in [-0.3, -0.25) is 4.90 Å². The van der Waals surface area contributed by atoms with Crippen LogP contribution in [0.15, 0.2) is 72.9 Å². The molecule has 34 heavy (non-hydrogen) atoms. The molecule has 0 radical (unpaired) electrons. The molecule has 6 heteroatoms. The van der Waals surface area contributed by atoms with Gasteiger partial charge in [-0.15, -0.1) is 0 Å². The van der Waals surface area contributed by atoms with Gasteiger partial charge in [-0.1, -0.05) is 42.5 Å². The van der Waals surface area contributed by atoms with Gasteiger partial charge in [0.25, 0.3) is 0 Å². The molecule has 0 bridgehead atoms. The lowest BCUT2D eigenvalue weighted by atomic mass is 10.2. The lowest BCUT2D eigenvalue weighted by Crippen LogP contribution is -2.36. The van der Waals surface area contributed by atoms with Crippen molar-refractivity contribution >= 4 is 11.8 Å². The summed E-state index contributed by atoms with van der Waals surface area (Å²) in [6.45, 7) is 7.02. The second-order valence-electron chi connectivity index (χ2n) is 9.04. The number of anilines is 1. The van der Waals surface area contributed by atoms with Gasteiger partial charge in [0.1, 0.15) is 23.7 Å². The van der Waals surface area contributed by atoms with E-state index in [1.54, 1.807) is 18.3 Å². The Bertz CT molecular complexity index is 1090. The van der Waals surface area contributed by atoms with Crippen LogP contribution in [0, 0.1) is 0 Å². The number of ether oxygens (including phenoxy) is 2. The number of esters is 1. The molecule has 178 valence electrons. The number of carbonyl (C=O) groups excluding carboxylic acids is 1. The zero-order valence-electron chi connectivity index (χ0n) is 20.2. The topological polar surface area (TPSA) is 54.9 Å². The van der Waals surface area contributed by atoms with E-state index in [-0.39, 0.29) is 18.1 Å². The monoisotopic (exact) mass is 459 g/mol. The van der Waals surface area contributed by atoms with Crippen molar-refractivity contribution in [3.05, 3.63) is 89.6 Å². The zero-order chi connectivity index (χ0) is 23.9. The Labute approximate surface area is 202 Å². The van der Waals surface area contributed by atoms with E-state index in [0.29, 0.717) is 18.0 Å². The highest BCUT2D eigenvalue weighted by Gasteiger charge is 2.29. The third kappa shape index (κ3) is 6.14. The Balaban J connectivity index is 1.36. The molecule has 0 unspecified atom stereocenters. The molecule has 1 aliphatic heterocycles. The first-order valence-corrected chi connectivity index (χ1v) is 11.9. The van der Waals surface area contributed by atoms with Gasteiger partial charge in [-0.2, -0.15) is 0 Å². The second kappa shape index (κ2) is 11.2. The molecule has 1 fully saturated rings. The van der Waals surface area contributed by atoms with Crippen LogP contribution < -0.4 is 9.64 Å². The molecular formula is C28H33N3O3. The minimum Gasteiger partial charge on any atom is -0.489 e. The van der Waals surface area contributed by atoms with Crippen LogP contribution in [0.4, 0.5) is 5.82 Å². The standard InChI is InChI=1S/C28H33N3O3/c1-21(2)34-28(32)26-13-8-15-29-27(26)30(3)24-14-16-31(19-24)18-23-11-7-12-25(17-23)33-20-22-9-5-4-6-10-22/h4-13,15,17,21,24H,14,16,18-20H2,1-3H3/t24-/m0/s1. The molecule has 0 aliphatic carbocycles. The van der Waals surface area contributed by atoms with Crippen LogP contribution in [0.25, 0.3) is 0 Å². The number of likely N-dealkylation sites (tertiary alicyclic amines) is 1. The van der Waals surface area contributed by atoms with Gasteiger partial charge >= 0.3 is 5.97 Å². The highest BCUT2D eigenvalue weighted by Crippen LogP contribution is 2.25. The van der Waals surface area contributed by atoms with Crippen LogP contribution in [0.2, 0.25) is 0 Å². The van der Waals surface area contributed by atoms with E-state index in [0.717, 1.165) is 37.4 Å². The van der Waals surface area contributed by atoms with Crippen molar-refractivity contribution in [3.8, 4) is 5.75 Å². The molecule has 2 aromatic carbocycles. The van der Waals surface area contributed by atoms with E-state index >= 15 is 0 Å². The first-order valence-electron chi connectivity index (χ1n) is 11.9. The summed E-state index contributed by atoms with van der Waals surface area (Å²) in [5, 5.41) is 0. The normalized spacial score (nSPS) is 15.9. The Morgan fingerprint density at radius 3 is 2.68 bits per heavy atom. The fourth-order valence-electron chi connectivity index (χ4n) is 4.29. The molecule has 0 N–H and O–H groups in total. The van der Waals surface area contributed by atoms with Crippen LogP contribution in [0.1, 0.15) is 41.8 Å². The number of hydrogen-bond donors (Lipinski definition) is 0. The molecule has 0 saturated carbocycles. The molecule has 1 aromatic heterocycles. The molecule has 0 spiro atoms. The first kappa shape index (κ1) is 23.8. The van der Waals surface area contributed by atoms with E-state index in [9.17, 15) is 4.79 Å². The number of likely N-dealkylation sites (N-methyl/N-ethyl adjacent to an activating group) is 1. The Morgan fingerprint density at radius 2 is 1.88 bits per heavy atom. The van der Waals surface area contributed by atoms with E-state index in [1.165, 1.54) is 5.56 Å². The number of pyridine rings is 1. The Kier molecular flexibility index (Phi) is 7.80. The molecule has 1 atom stereocenters. The average molecular weight is 460 g/mol. The fraction of sp³-hybridized carbons (Fsp3) is 0.357. The molecule has 3 aromatic rings. The van der Waals surface area contributed by atoms with Crippen molar-refractivity contribution < 1.29 is 14.3 Å². The number of carbonyl (C=O) groups is 1. The summed E-state index contributed by atoms with van der Waals surface area (Å²) >= 11 is 0. The summed E-state index contributed by atoms with van der Waals surface area (Å²) in [7, 11) is 2.01. The van der Waals surface area contributed by atoms with Crippen molar-refractivity contribution in [1.29, 1.82) is 0 Å². The molecular weight excluding hydrogens is 426 g/mol. The highest BCUT2D eigenvalue weighted by molar-refractivity contribution is 5.94. The third-order valence-corrected chi connectivity index (χ3v) is 6.03. The van der Waals surface area contributed by atoms with Gasteiger partial charge in [0.15, 0.2) is 0 Å². The predicted molar refractivity (Wildman–Crippen MR) is 134 cm³/mol. The highest BCUT2D eigenvalue weighted by atomic mass is 16.5. The van der Waals surface area contributed by atoms with Crippen LogP contribution >= 0.6 is 0 Å². The molecule has 0 amide bonds. The van der Waals surface area contributed by atoms with E-state index < -0.39 is 0 Å². The lowest BCUT2D eigenvalue weighted by Gasteiger charge is -2.27. The predicted octanol–water partition coefficient (Wildman–Crippen LogP) is 4.94. The van der Waals surface area contributed by atoms with E-state index in [1.807, 2.05) is 45.2 Å². The summed E-state index contributed by atoms with van der Waals surface area (Å²) in [4.78, 5) is 21.6. The maximum absolute atomic E-state index is 12.6. The smallest absolute Gasteiger partial charge is 0.342 e. The van der Waals surface area contributed by atoms with Gasteiger partial charge in [-0.25, -0.2) is 9.78 Å². The van der Waals surface area contributed by atoms with Crippen LogP contribution in [0.3, 0.4) is 0 Å². The number of hydrogen-bond acceptors (Lipinski definition) is 6. The fourth-order valence-corrected chi connectivity index (χ4v) is 4.29. The molecule has 2 heterocycles. The first-order chi connectivity index (χ1) is 16.5. The van der Waals surface area contributed by atoms with Crippen molar-refractivity contribution in [3.63, 3.8) is 0 Å². The largest absolute Gasteiger partial charge is 0.489 e. The summed E-state index contributed by atoms with van der Waals surface area (Å²) < 4.78 is 11.4. The van der Waals surface area contributed by atoms with Crippen LogP contribution in [-0.2, 0) is 17.9 Å². The minimum atomic E-state index is -0.327. The number of nitrogens with zero attached hydrogens (tertiary/aromatic N) is 3. The van der Waals surface area contributed by atoms with Crippen LogP contribution in [-0.4, -0.2) is 48.1 Å². The maximum atomic E-state index is 12.6. The number of benzene rings is 2. The van der Waals surface area contributed by atoms with Crippen molar-refractivity contribution in [2.75, 3.05) is 25.0 Å². The Morgan fingerprint density at radius 1 is 1.09 bits per heavy atom. The quantitative estimate of drug-likeness (QED) is 0.423. The van der Waals surface area contributed by atoms with Gasteiger partial charge in [0.05, 0.1) is 6.10 Å². The van der Waals surface area contributed by atoms with Crippen molar-refractivity contribution in [1.82, 2.24) is 9.88 Å². The SMILES string of the molecule is CC(C)OC(=O)c1cccnc1N(C)[C@H]1CCN(Cc2cccc(OCc3ccccc3)c2)C1. The lowest BCUT2D eigenvalue weighted by molar-refractivity contribution is 0.0378. The second-order valence-corrected chi connectivity index (χ2v) is 9.04. The maximum Gasteiger partial charge on any atom is 0.342 e. The van der Waals surface area contributed by atoms with Crippen LogP contribution in [0.5, 0.6) is 5.75 Å². The van der Waals surface area contributed by atoms with Gasteiger partial charge in [-0.05, 0) is 55.7 Å².